The maximum absolute atomic E-state index is 10.7. The Bertz CT molecular complexity index is 912. The summed E-state index contributed by atoms with van der Waals surface area (Å²) in [6, 6.07) is 19.7. The predicted molar refractivity (Wildman–Crippen MR) is 122 cm³/mol. The van der Waals surface area contributed by atoms with Crippen molar-refractivity contribution in [3.05, 3.63) is 104 Å². The van der Waals surface area contributed by atoms with E-state index >= 15 is 0 Å². The number of nitrogens with zero attached hydrogens (tertiary/aromatic N) is 6. The summed E-state index contributed by atoms with van der Waals surface area (Å²) < 4.78 is 0. The Morgan fingerprint density at radius 1 is 1.09 bits per heavy atom. The molecule has 0 radical (unpaired) electrons. The van der Waals surface area contributed by atoms with Crippen LogP contribution in [0.4, 0.5) is 0 Å². The van der Waals surface area contributed by atoms with Crippen molar-refractivity contribution in [1.29, 1.82) is 10.8 Å². The van der Waals surface area contributed by atoms with Crippen molar-refractivity contribution in [3.8, 4) is 0 Å². The smallest absolute Gasteiger partial charge is 0.354 e. The Hall–Kier alpha value is -4.22. The van der Waals surface area contributed by atoms with Crippen LogP contribution >= 0.6 is 0 Å². The molecule has 2 unspecified atom stereocenters. The molecule has 1 fully saturated rings. The van der Waals surface area contributed by atoms with Gasteiger partial charge in [-0.1, -0.05) is 92.0 Å². The number of hydrogen-bond donors (Lipinski definition) is 0. The van der Waals surface area contributed by atoms with Gasteiger partial charge in [0.1, 0.15) is 11.8 Å². The Kier molecular flexibility index (Phi) is 15.5. The molecule has 0 heterocycles. The van der Waals surface area contributed by atoms with Gasteiger partial charge < -0.3 is 5.53 Å². The number of hydrogen-bond acceptors (Lipinski definition) is 6. The molecule has 3 rings (SSSR count). The van der Waals surface area contributed by atoms with Crippen molar-refractivity contribution < 1.29 is 14.6 Å². The summed E-state index contributed by atoms with van der Waals surface area (Å²) in [6.07, 6.45) is 2.50. The van der Waals surface area contributed by atoms with E-state index in [-0.39, 0.29) is 10.8 Å². The first kappa shape index (κ1) is 30.0. The van der Waals surface area contributed by atoms with Gasteiger partial charge in [-0.15, -0.1) is 0 Å². The van der Waals surface area contributed by atoms with Crippen molar-refractivity contribution in [1.82, 2.24) is 0 Å². The van der Waals surface area contributed by atoms with E-state index in [1.165, 1.54) is 5.56 Å². The number of rotatable bonds is 3. The second kappa shape index (κ2) is 16.6. The normalized spacial score (nSPS) is 16.6. The first-order valence-corrected chi connectivity index (χ1v) is 9.66. The lowest BCUT2D eigenvalue weighted by Gasteiger charge is -2.01. The fraction of sp³-hybridized carbons (Fsp3) is 0.318. The highest BCUT2D eigenvalue weighted by atomic mass is 16.6. The fourth-order valence-electron chi connectivity index (χ4n) is 2.34. The zero-order chi connectivity index (χ0) is 25.2. The maximum atomic E-state index is 10.7. The van der Waals surface area contributed by atoms with Crippen LogP contribution in [0.15, 0.2) is 67.2 Å². The molecule has 0 aromatic heterocycles. The summed E-state index contributed by atoms with van der Waals surface area (Å²) in [6.45, 7) is 10.4. The highest BCUT2D eigenvalue weighted by Crippen LogP contribution is 2.53. The van der Waals surface area contributed by atoms with Crippen molar-refractivity contribution in [2.45, 2.75) is 45.6 Å². The van der Waals surface area contributed by atoms with Crippen LogP contribution in [0.1, 0.15) is 51.2 Å². The van der Waals surface area contributed by atoms with Crippen molar-refractivity contribution in [2.75, 3.05) is 0 Å². The van der Waals surface area contributed by atoms with Crippen LogP contribution in [0.5, 0.6) is 0 Å². The van der Waals surface area contributed by atoms with Crippen molar-refractivity contribution in [3.63, 3.8) is 0 Å². The minimum absolute atomic E-state index is 0.115. The molecule has 2 atom stereocenters. The number of nitro groups is 2. The van der Waals surface area contributed by atoms with Crippen LogP contribution in [-0.2, 0) is 0 Å². The van der Waals surface area contributed by atoms with E-state index in [0.717, 1.165) is 12.5 Å². The molecule has 1 aliphatic carbocycles. The quantitative estimate of drug-likeness (QED) is 0.116. The molecule has 1 aliphatic rings. The summed E-state index contributed by atoms with van der Waals surface area (Å²) in [4.78, 5) is 21.5. The first-order chi connectivity index (χ1) is 15.3. The zero-order valence-electron chi connectivity index (χ0n) is 18.7. The molecule has 0 spiro atoms. The van der Waals surface area contributed by atoms with Gasteiger partial charge in [-0.05, 0) is 11.1 Å². The highest BCUT2D eigenvalue weighted by Gasteiger charge is 2.62. The molecule has 10 nitrogen and oxygen atoms in total. The predicted octanol–water partition coefficient (Wildman–Crippen LogP) is 5.51. The van der Waals surface area contributed by atoms with E-state index < -0.39 is 16.3 Å². The summed E-state index contributed by atoms with van der Waals surface area (Å²) in [5.74, 6) is -0.385. The molecule has 0 saturated heterocycles. The van der Waals surface area contributed by atoms with E-state index in [1.54, 1.807) is 6.92 Å². The van der Waals surface area contributed by atoms with Crippen molar-refractivity contribution in [2.24, 2.45) is 0 Å². The molecule has 2 aromatic rings. The summed E-state index contributed by atoms with van der Waals surface area (Å²) in [7, 11) is 0. The second-order valence-corrected chi connectivity index (χ2v) is 6.30. The molecular weight excluding hydrogens is 412 g/mol. The molecule has 32 heavy (non-hydrogen) atoms. The largest absolute Gasteiger partial charge is 0.574 e. The third kappa shape index (κ3) is 10.5. The van der Waals surface area contributed by atoms with E-state index in [2.05, 4.69) is 11.4 Å². The molecule has 10 heteroatoms. The van der Waals surface area contributed by atoms with E-state index in [4.69, 9.17) is 16.3 Å². The molecule has 1 saturated carbocycles. The topological polar surface area (TPSA) is 170 Å². The molecule has 0 N–H and O–H groups in total. The van der Waals surface area contributed by atoms with Gasteiger partial charge >= 0.3 is 5.84 Å². The van der Waals surface area contributed by atoms with Crippen LogP contribution in [0.3, 0.4) is 0 Å². The van der Waals surface area contributed by atoms with Crippen molar-refractivity contribution >= 4 is 11.9 Å². The standard InChI is InChI=1S/C10H11NO2.C8H8.C2H3N3O2.C2H6.N2/c1-10(11(12)13)7-9(10)8-5-3-2-4-6-8;1-2-8-6-4-3-5-7-8;1-2(4-3)5(6)7;2*1-2/h2-6,9H,7H2,1H3;2-7H,1H2;1H3;1-2H3;. The molecule has 0 aliphatic heterocycles. The lowest BCUT2D eigenvalue weighted by molar-refractivity contribution is -0.535. The Morgan fingerprint density at radius 2 is 1.53 bits per heavy atom. The van der Waals surface area contributed by atoms with Gasteiger partial charge in [-0.2, -0.15) is 0 Å². The Balaban J connectivity index is 0. The van der Waals surface area contributed by atoms with Crippen LogP contribution in [0, 0.1) is 31.0 Å². The Labute approximate surface area is 187 Å². The summed E-state index contributed by atoms with van der Waals surface area (Å²) in [5, 5.41) is 32.1. The second-order valence-electron chi connectivity index (χ2n) is 6.30. The van der Waals surface area contributed by atoms with E-state index in [1.807, 2.05) is 80.6 Å². The van der Waals surface area contributed by atoms with Gasteiger partial charge in [-0.25, -0.2) is 0 Å². The van der Waals surface area contributed by atoms with E-state index in [9.17, 15) is 20.2 Å². The van der Waals surface area contributed by atoms with Gasteiger partial charge in [0, 0.05) is 29.1 Å². The van der Waals surface area contributed by atoms with E-state index in [0.29, 0.717) is 6.42 Å². The molecular formula is C22H28N6O4. The molecule has 0 amide bonds. The average Bonchev–Trinajstić information content (AvgIpc) is 3.56. The molecule has 170 valence electrons. The lowest BCUT2D eigenvalue weighted by Crippen LogP contribution is -2.18. The maximum Gasteiger partial charge on any atom is 0.574 e. The lowest BCUT2D eigenvalue weighted by atomic mass is 10.1. The van der Waals surface area contributed by atoms with Gasteiger partial charge in [-0.3, -0.25) is 20.2 Å². The summed E-state index contributed by atoms with van der Waals surface area (Å²) in [5.41, 5.74) is 9.20. The molecule has 0 bridgehead atoms. The van der Waals surface area contributed by atoms with Gasteiger partial charge in [0.2, 0.25) is 5.54 Å². The average molecular weight is 441 g/mol. The zero-order valence-corrected chi connectivity index (χ0v) is 18.7. The SMILES string of the molecule is C=Cc1ccccc1.CC.CC(=[N+]=[N-])[N+](=O)[O-].CC1([N+](=O)[O-])CC1c1ccccc1.N#N. The van der Waals surface area contributed by atoms with Crippen LogP contribution in [0.2, 0.25) is 0 Å². The third-order valence-corrected chi connectivity index (χ3v) is 4.27. The number of benzene rings is 2. The first-order valence-electron chi connectivity index (χ1n) is 9.66. The minimum atomic E-state index is -0.778. The third-order valence-electron chi connectivity index (χ3n) is 4.27. The van der Waals surface area contributed by atoms with Crippen LogP contribution in [0.25, 0.3) is 11.6 Å². The van der Waals surface area contributed by atoms with Gasteiger partial charge in [0.05, 0.1) is 5.92 Å². The molecule has 2 aromatic carbocycles. The number of amidine groups is 1. The van der Waals surface area contributed by atoms with Gasteiger partial charge in [0.15, 0.2) is 0 Å². The van der Waals surface area contributed by atoms with Gasteiger partial charge in [0.25, 0.3) is 0 Å². The minimum Gasteiger partial charge on any atom is -0.354 e. The fourth-order valence-corrected chi connectivity index (χ4v) is 2.34. The monoisotopic (exact) mass is 440 g/mol. The Morgan fingerprint density at radius 3 is 1.78 bits per heavy atom. The summed E-state index contributed by atoms with van der Waals surface area (Å²) >= 11 is 0. The highest BCUT2D eigenvalue weighted by molar-refractivity contribution is 5.64. The van der Waals surface area contributed by atoms with Crippen LogP contribution < -0.4 is 0 Å². The van der Waals surface area contributed by atoms with Crippen LogP contribution in [-0.4, -0.2) is 26.0 Å².